The summed E-state index contributed by atoms with van der Waals surface area (Å²) in [6.07, 6.45) is 0. The summed E-state index contributed by atoms with van der Waals surface area (Å²) in [4.78, 5) is 0. The summed E-state index contributed by atoms with van der Waals surface area (Å²) in [6, 6.07) is 0. The third-order valence-electron chi connectivity index (χ3n) is 0. The van der Waals surface area contributed by atoms with Crippen molar-refractivity contribution in [2.24, 2.45) is 0 Å². The van der Waals surface area contributed by atoms with Crippen molar-refractivity contribution in [3.05, 3.63) is 0 Å². The van der Waals surface area contributed by atoms with Crippen molar-refractivity contribution in [1.29, 1.82) is 0 Å². The van der Waals surface area contributed by atoms with Gasteiger partial charge in [-0.25, -0.2) is 0 Å². The van der Waals surface area contributed by atoms with E-state index in [-0.39, 0.29) is 93.1 Å². The molecule has 0 saturated heterocycles. The van der Waals surface area contributed by atoms with Crippen molar-refractivity contribution < 1.29 is 67.4 Å². The Labute approximate surface area is 134 Å². The monoisotopic (exact) mass is 424 g/mol. The van der Waals surface area contributed by atoms with Crippen LogP contribution in [0.25, 0.3) is 0 Å². The van der Waals surface area contributed by atoms with Gasteiger partial charge in [-0.1, -0.05) is 0 Å². The second kappa shape index (κ2) is 12.7. The van der Waals surface area contributed by atoms with E-state index >= 15 is 0 Å². The van der Waals surface area contributed by atoms with Crippen LogP contribution in [-0.2, 0) is 0 Å². The first-order valence-corrected chi connectivity index (χ1v) is 14.3. The fourth-order valence-electron chi connectivity index (χ4n) is 0. The van der Waals surface area contributed by atoms with E-state index in [9.17, 15) is 0 Å². The van der Waals surface area contributed by atoms with Crippen LogP contribution >= 0.6 is 20.4 Å². The van der Waals surface area contributed by atoms with Crippen LogP contribution in [-0.4, -0.2) is 51.4 Å². The summed E-state index contributed by atoms with van der Waals surface area (Å²) in [5.74, 6) is 0. The van der Waals surface area contributed by atoms with E-state index in [1.165, 1.54) is 0 Å². The first-order chi connectivity index (χ1) is 1.73. The number of hydrogen-bond acceptors (Lipinski definition) is 0. The first-order valence-electron chi connectivity index (χ1n) is 0.655. The van der Waals surface area contributed by atoms with Gasteiger partial charge in [-0.2, -0.15) is 0 Å². The molecule has 0 aromatic heterocycles. The summed E-state index contributed by atoms with van der Waals surface area (Å²) in [5, 5.41) is 0. The molecule has 0 N–H and O–H groups in total. The molecular formula is HCeCl3KLa. The zero-order valence-corrected chi connectivity index (χ0v) is 11.2. The van der Waals surface area contributed by atoms with Gasteiger partial charge in [0.1, 0.15) is 0 Å². The second-order valence-corrected chi connectivity index (χ2v) is 16.2. The van der Waals surface area contributed by atoms with E-state index in [4.69, 9.17) is 20.4 Å². The van der Waals surface area contributed by atoms with E-state index in [2.05, 4.69) is 0 Å². The molecule has 0 radical (unpaired) electrons. The fourth-order valence-corrected chi connectivity index (χ4v) is 0. The molecule has 0 saturated carbocycles. The SMILES string of the molecule is [Ce].[Cl][La]([Cl])[Cl].[KH]. The Morgan fingerprint density at radius 1 is 1.00 bits per heavy atom. The van der Waals surface area contributed by atoms with Crippen molar-refractivity contribution in [1.82, 2.24) is 0 Å². The molecule has 0 aromatic rings. The molecule has 0 amide bonds. The van der Waals surface area contributed by atoms with Gasteiger partial charge >= 0.3 is 97.4 Å². The Balaban J connectivity index is -0.0000000450. The third-order valence-corrected chi connectivity index (χ3v) is 0. The molecule has 0 spiro atoms. The summed E-state index contributed by atoms with van der Waals surface area (Å²) in [6.45, 7) is 15.1. The van der Waals surface area contributed by atoms with Gasteiger partial charge in [0.05, 0.1) is 0 Å². The van der Waals surface area contributed by atoms with Crippen LogP contribution < -0.4 is 0 Å². The molecule has 0 aromatic carbocycles. The van der Waals surface area contributed by atoms with Crippen LogP contribution in [0.5, 0.6) is 0 Å². The van der Waals surface area contributed by atoms with Crippen molar-refractivity contribution in [2.45, 2.75) is 0 Å². The molecule has 0 atom stereocenters. The van der Waals surface area contributed by atoms with Gasteiger partial charge < -0.3 is 0 Å². The second-order valence-electron chi connectivity index (χ2n) is 0.247. The average Bonchev–Trinajstić information content (AvgIpc) is 0.811. The molecule has 0 aliphatic heterocycles. The Morgan fingerprint density at radius 2 is 1.00 bits per heavy atom. The van der Waals surface area contributed by atoms with Gasteiger partial charge in [0, 0.05) is 41.7 Å². The minimum atomic E-state index is -2.31. The maximum atomic E-state index is 5.03. The molecule has 6 heavy (non-hydrogen) atoms. The van der Waals surface area contributed by atoms with Gasteiger partial charge in [-0.3, -0.25) is 0 Å². The molecule has 30 valence electrons. The van der Waals surface area contributed by atoms with Crippen LogP contribution in [0.2, 0.25) is 0 Å². The average molecular weight is 425 g/mol. The Kier molecular flexibility index (Phi) is 36.6. The Hall–Kier alpha value is 5.08. The van der Waals surface area contributed by atoms with E-state index in [0.717, 1.165) is 0 Å². The molecule has 0 heterocycles. The zero-order chi connectivity index (χ0) is 3.58. The first kappa shape index (κ1) is 17.2. The molecule has 0 unspecified atom stereocenters. The van der Waals surface area contributed by atoms with Crippen LogP contribution in [0.15, 0.2) is 0 Å². The van der Waals surface area contributed by atoms with Gasteiger partial charge in [-0.05, 0) is 0 Å². The summed E-state index contributed by atoms with van der Waals surface area (Å²) >= 11 is -2.31. The predicted molar refractivity (Wildman–Crippen MR) is 24.7 cm³/mol. The molecule has 0 nitrogen and oxygen atoms in total. The van der Waals surface area contributed by atoms with E-state index in [0.29, 0.717) is 0 Å². The Bertz CT molecular complexity index is 15.5. The number of hydrogen-bond donors (Lipinski definition) is 0. The number of rotatable bonds is 0. The van der Waals surface area contributed by atoms with Gasteiger partial charge in [0.15, 0.2) is 0 Å². The minimum absolute atomic E-state index is 0. The molecule has 0 bridgehead atoms. The zero-order valence-electron chi connectivity index (χ0n) is 2.21. The standard InChI is InChI=1S/Ce.3ClH.K.La.H/h;3*1H;;;/q;;;;;+3;/p-3. The van der Waals surface area contributed by atoms with Crippen LogP contribution in [0.4, 0.5) is 0 Å². The fraction of sp³-hybridized carbons (Fsp3) is 0. The quantitative estimate of drug-likeness (QED) is 0.515. The molecule has 0 fully saturated rings. The maximum absolute atomic E-state index is 5.03. The van der Waals surface area contributed by atoms with Gasteiger partial charge in [0.2, 0.25) is 0 Å². The molecule has 0 rings (SSSR count). The van der Waals surface area contributed by atoms with E-state index in [1.54, 1.807) is 0 Å². The van der Waals surface area contributed by atoms with Gasteiger partial charge in [0.25, 0.3) is 0 Å². The molecule has 0 aliphatic carbocycles. The summed E-state index contributed by atoms with van der Waals surface area (Å²) in [7, 11) is 0. The van der Waals surface area contributed by atoms with E-state index < -0.39 is 25.7 Å². The van der Waals surface area contributed by atoms with E-state index in [1.807, 2.05) is 0 Å². The number of halogens is 3. The molecule has 6 heteroatoms. The van der Waals surface area contributed by atoms with Crippen LogP contribution in [0.3, 0.4) is 0 Å². The van der Waals surface area contributed by atoms with Crippen LogP contribution in [0, 0.1) is 67.4 Å². The third kappa shape index (κ3) is 23.0. The predicted octanol–water partition coefficient (Wildman–Crippen LogP) is 1.42. The van der Waals surface area contributed by atoms with Crippen molar-refractivity contribution in [3.63, 3.8) is 0 Å². The van der Waals surface area contributed by atoms with Gasteiger partial charge in [-0.15, -0.1) is 0 Å². The molecular weight excluding hydrogens is 424 g/mol. The Morgan fingerprint density at radius 3 is 1.00 bits per heavy atom. The summed E-state index contributed by atoms with van der Waals surface area (Å²) in [5.41, 5.74) is 0. The van der Waals surface area contributed by atoms with Crippen LogP contribution in [0.1, 0.15) is 0 Å². The summed E-state index contributed by atoms with van der Waals surface area (Å²) < 4.78 is 0. The normalized spacial score (nSPS) is 4.50. The topological polar surface area (TPSA) is 0 Å². The van der Waals surface area contributed by atoms with Crippen molar-refractivity contribution in [2.75, 3.05) is 0 Å². The molecule has 0 aliphatic rings. The van der Waals surface area contributed by atoms with Crippen molar-refractivity contribution in [3.8, 4) is 0 Å². The van der Waals surface area contributed by atoms with Crippen molar-refractivity contribution >= 4 is 71.8 Å².